The molecule has 0 unspecified atom stereocenters. The van der Waals surface area contributed by atoms with Crippen molar-refractivity contribution in [2.75, 3.05) is 16.4 Å². The maximum absolute atomic E-state index is 12.9. The minimum atomic E-state index is -4.50. The van der Waals surface area contributed by atoms with Crippen LogP contribution < -0.4 is 10.6 Å². The summed E-state index contributed by atoms with van der Waals surface area (Å²) in [6.07, 6.45) is -0.0132. The number of thioether (sulfide) groups is 1. The lowest BCUT2D eigenvalue weighted by molar-refractivity contribution is -0.137. The van der Waals surface area contributed by atoms with Crippen LogP contribution in [0.25, 0.3) is 0 Å². The van der Waals surface area contributed by atoms with Crippen LogP contribution in [0.5, 0.6) is 0 Å². The molecule has 2 aromatic carbocycles. The molecule has 0 spiro atoms. The monoisotopic (exact) mass is 462 g/mol. The van der Waals surface area contributed by atoms with Crippen molar-refractivity contribution in [1.82, 2.24) is 9.55 Å². The fourth-order valence-electron chi connectivity index (χ4n) is 2.89. The van der Waals surface area contributed by atoms with Crippen LogP contribution >= 0.6 is 11.8 Å². The Hall–Kier alpha value is -3.27. The van der Waals surface area contributed by atoms with Gasteiger partial charge in [0, 0.05) is 35.9 Å². The molecular formula is C22H21F3N4O2S. The summed E-state index contributed by atoms with van der Waals surface area (Å²) in [5.74, 6) is -0.714. The minimum Gasteiger partial charge on any atom is -0.326 e. The first-order chi connectivity index (χ1) is 15.3. The number of benzene rings is 2. The minimum absolute atomic E-state index is 0.0262. The van der Waals surface area contributed by atoms with Gasteiger partial charge in [0.1, 0.15) is 0 Å². The zero-order chi connectivity index (χ0) is 23.1. The molecule has 0 fully saturated rings. The van der Waals surface area contributed by atoms with E-state index < -0.39 is 17.6 Å². The van der Waals surface area contributed by atoms with Crippen LogP contribution in [-0.4, -0.2) is 27.1 Å². The van der Waals surface area contributed by atoms with E-state index in [-0.39, 0.29) is 22.9 Å². The van der Waals surface area contributed by atoms with E-state index >= 15 is 0 Å². The summed E-state index contributed by atoms with van der Waals surface area (Å²) in [5, 5.41) is 5.91. The lowest BCUT2D eigenvalue weighted by Gasteiger charge is -2.11. The Labute approximate surface area is 187 Å². The largest absolute Gasteiger partial charge is 0.416 e. The molecule has 6 nitrogen and oxygen atoms in total. The number of aryl methyl sites for hydroxylation is 1. The second kappa shape index (κ2) is 10.4. The van der Waals surface area contributed by atoms with Crippen molar-refractivity contribution in [3.63, 3.8) is 0 Å². The molecule has 0 atom stereocenters. The summed E-state index contributed by atoms with van der Waals surface area (Å²) >= 11 is 1.31. The second-order valence-electron chi connectivity index (χ2n) is 6.85. The van der Waals surface area contributed by atoms with Crippen molar-refractivity contribution < 1.29 is 22.8 Å². The molecule has 0 saturated heterocycles. The van der Waals surface area contributed by atoms with Crippen molar-refractivity contribution in [2.45, 2.75) is 31.2 Å². The molecule has 1 heterocycles. The zero-order valence-electron chi connectivity index (χ0n) is 17.1. The first kappa shape index (κ1) is 23.4. The molecule has 3 aromatic rings. The van der Waals surface area contributed by atoms with Crippen molar-refractivity contribution in [3.8, 4) is 0 Å². The summed E-state index contributed by atoms with van der Waals surface area (Å²) in [7, 11) is 0. The fraction of sp³-hybridized carbons (Fsp3) is 0.227. The van der Waals surface area contributed by atoms with Crippen molar-refractivity contribution in [1.29, 1.82) is 0 Å². The molecule has 0 radical (unpaired) electrons. The first-order valence-electron chi connectivity index (χ1n) is 9.78. The van der Waals surface area contributed by atoms with Gasteiger partial charge in [0.2, 0.25) is 5.91 Å². The Balaban J connectivity index is 1.60. The second-order valence-corrected chi connectivity index (χ2v) is 7.80. The van der Waals surface area contributed by atoms with Crippen molar-refractivity contribution in [3.05, 3.63) is 72.1 Å². The fourth-order valence-corrected chi connectivity index (χ4v) is 3.67. The predicted molar refractivity (Wildman–Crippen MR) is 118 cm³/mol. The Morgan fingerprint density at radius 2 is 1.78 bits per heavy atom. The summed E-state index contributed by atoms with van der Waals surface area (Å²) in [4.78, 5) is 29.0. The van der Waals surface area contributed by atoms with Crippen LogP contribution in [0.3, 0.4) is 0 Å². The summed E-state index contributed by atoms with van der Waals surface area (Å²) in [6.45, 7) is 2.87. The van der Waals surface area contributed by atoms with Gasteiger partial charge in [0.25, 0.3) is 5.91 Å². The van der Waals surface area contributed by atoms with Crippen LogP contribution in [0.1, 0.15) is 29.3 Å². The van der Waals surface area contributed by atoms with Gasteiger partial charge >= 0.3 is 6.18 Å². The number of nitrogens with zero attached hydrogens (tertiary/aromatic N) is 2. The van der Waals surface area contributed by atoms with Crippen molar-refractivity contribution >= 4 is 35.0 Å². The Bertz CT molecular complexity index is 1100. The summed E-state index contributed by atoms with van der Waals surface area (Å²) in [5.41, 5.74) is -0.220. The maximum Gasteiger partial charge on any atom is 0.416 e. The zero-order valence-corrected chi connectivity index (χ0v) is 18.0. The van der Waals surface area contributed by atoms with Crippen LogP contribution in [0, 0.1) is 0 Å². The van der Waals surface area contributed by atoms with Crippen molar-refractivity contribution in [2.24, 2.45) is 0 Å². The van der Waals surface area contributed by atoms with Gasteiger partial charge in [-0.2, -0.15) is 13.2 Å². The molecule has 2 amide bonds. The molecule has 3 rings (SSSR count). The summed E-state index contributed by atoms with van der Waals surface area (Å²) in [6, 6.07) is 10.6. The molecule has 10 heteroatoms. The number of imidazole rings is 1. The average molecular weight is 462 g/mol. The molecule has 2 N–H and O–H groups in total. The highest BCUT2D eigenvalue weighted by Gasteiger charge is 2.30. The van der Waals surface area contributed by atoms with Gasteiger partial charge in [0.05, 0.1) is 11.3 Å². The number of rotatable bonds is 8. The van der Waals surface area contributed by atoms with E-state index in [9.17, 15) is 22.8 Å². The highest BCUT2D eigenvalue weighted by molar-refractivity contribution is 7.99. The Morgan fingerprint density at radius 1 is 1.06 bits per heavy atom. The van der Waals surface area contributed by atoms with E-state index in [2.05, 4.69) is 22.5 Å². The Morgan fingerprint density at radius 3 is 2.50 bits per heavy atom. The van der Waals surface area contributed by atoms with Gasteiger partial charge in [0.15, 0.2) is 5.16 Å². The van der Waals surface area contributed by atoms with E-state index in [1.807, 2.05) is 10.8 Å². The Kier molecular flexibility index (Phi) is 7.57. The standard InChI is InChI=1S/C22H21F3N4O2S/c1-2-10-29-11-9-26-21(29)32-14-19(30)27-17-7-3-5-15(12-17)20(31)28-18-8-4-6-16(13-18)22(23,24)25/h3-9,11-13H,2,10,14H2,1H3,(H,27,30)(H,28,31). The number of hydrogen-bond donors (Lipinski definition) is 2. The van der Waals surface area contributed by atoms with Crippen LogP contribution in [-0.2, 0) is 17.5 Å². The lowest BCUT2D eigenvalue weighted by Crippen LogP contribution is -2.16. The smallest absolute Gasteiger partial charge is 0.326 e. The SMILES string of the molecule is CCCn1ccnc1SCC(=O)Nc1cccc(C(=O)Nc2cccc(C(F)(F)F)c2)c1. The van der Waals surface area contributed by atoms with Crippen LogP contribution in [0.4, 0.5) is 24.5 Å². The van der Waals surface area contributed by atoms with Gasteiger partial charge in [-0.3, -0.25) is 9.59 Å². The van der Waals surface area contributed by atoms with Crippen LogP contribution in [0.15, 0.2) is 66.1 Å². The third kappa shape index (κ3) is 6.36. The van der Waals surface area contributed by atoms with E-state index in [4.69, 9.17) is 0 Å². The first-order valence-corrected chi connectivity index (χ1v) is 10.8. The molecule has 0 bridgehead atoms. The number of alkyl halides is 3. The van der Waals surface area contributed by atoms with Gasteiger partial charge in [-0.25, -0.2) is 4.98 Å². The topological polar surface area (TPSA) is 76.0 Å². The molecule has 1 aromatic heterocycles. The molecule has 0 saturated carbocycles. The quantitative estimate of drug-likeness (QED) is 0.446. The number of carbonyl (C=O) groups excluding carboxylic acids is 2. The average Bonchev–Trinajstić information content (AvgIpc) is 3.19. The normalized spacial score (nSPS) is 11.2. The maximum atomic E-state index is 12.9. The molecule has 0 aliphatic rings. The highest BCUT2D eigenvalue weighted by Crippen LogP contribution is 2.30. The predicted octanol–water partition coefficient (Wildman–Crippen LogP) is 5.30. The van der Waals surface area contributed by atoms with E-state index in [1.54, 1.807) is 18.3 Å². The van der Waals surface area contributed by atoms with E-state index in [1.165, 1.54) is 36.0 Å². The molecule has 0 aliphatic carbocycles. The third-order valence-electron chi connectivity index (χ3n) is 4.33. The van der Waals surface area contributed by atoms with Gasteiger partial charge in [-0.1, -0.05) is 30.8 Å². The van der Waals surface area contributed by atoms with Gasteiger partial charge in [-0.15, -0.1) is 0 Å². The number of nitrogens with one attached hydrogen (secondary N) is 2. The van der Waals surface area contributed by atoms with Crippen LogP contribution in [0.2, 0.25) is 0 Å². The summed E-state index contributed by atoms with van der Waals surface area (Å²) < 4.78 is 40.5. The number of hydrogen-bond acceptors (Lipinski definition) is 4. The number of anilines is 2. The van der Waals surface area contributed by atoms with E-state index in [0.29, 0.717) is 5.69 Å². The molecule has 0 aliphatic heterocycles. The van der Waals surface area contributed by atoms with E-state index in [0.717, 1.165) is 30.3 Å². The van der Waals surface area contributed by atoms with Gasteiger partial charge < -0.3 is 15.2 Å². The third-order valence-corrected chi connectivity index (χ3v) is 5.34. The molecular weight excluding hydrogens is 441 g/mol. The number of amides is 2. The number of aromatic nitrogens is 2. The molecule has 168 valence electrons. The number of carbonyl (C=O) groups is 2. The lowest BCUT2D eigenvalue weighted by atomic mass is 10.1. The molecule has 32 heavy (non-hydrogen) atoms. The van der Waals surface area contributed by atoms with Gasteiger partial charge in [-0.05, 0) is 42.8 Å². The highest BCUT2D eigenvalue weighted by atomic mass is 32.2. The number of halogens is 3.